The number of aliphatic hydroxyl groups is 1. The molecule has 6 heteroatoms. The fourth-order valence-electron chi connectivity index (χ4n) is 2.67. The van der Waals surface area contributed by atoms with E-state index in [0.29, 0.717) is 17.1 Å². The number of rotatable bonds is 5. The number of nitrogens with zero attached hydrogens (tertiary/aromatic N) is 4. The smallest absolute Gasteiger partial charge is 0.0975 e. The van der Waals surface area contributed by atoms with Crippen LogP contribution in [0.5, 0.6) is 0 Å². The summed E-state index contributed by atoms with van der Waals surface area (Å²) in [6, 6.07) is 0.170. The summed E-state index contributed by atoms with van der Waals surface area (Å²) in [5.74, 6) is 0. The molecule has 0 saturated heterocycles. The molecule has 116 valence electrons. The van der Waals surface area contributed by atoms with Crippen LogP contribution in [0.25, 0.3) is 0 Å². The summed E-state index contributed by atoms with van der Waals surface area (Å²) in [7, 11) is 1.94. The van der Waals surface area contributed by atoms with Gasteiger partial charge >= 0.3 is 0 Å². The van der Waals surface area contributed by atoms with Crippen LogP contribution < -0.4 is 0 Å². The molecule has 0 fully saturated rings. The van der Waals surface area contributed by atoms with Gasteiger partial charge in [-0.3, -0.25) is 9.36 Å². The molecule has 0 aliphatic carbocycles. The number of aryl methyl sites for hydroxylation is 2. The van der Waals surface area contributed by atoms with Gasteiger partial charge in [0.05, 0.1) is 28.7 Å². The zero-order chi connectivity index (χ0) is 15.7. The summed E-state index contributed by atoms with van der Waals surface area (Å²) in [5.41, 5.74) is 4.06. The van der Waals surface area contributed by atoms with Gasteiger partial charge in [0.1, 0.15) is 0 Å². The van der Waals surface area contributed by atoms with Gasteiger partial charge in [-0.05, 0) is 46.1 Å². The Morgan fingerprint density at radius 2 is 2.00 bits per heavy atom. The van der Waals surface area contributed by atoms with Crippen molar-refractivity contribution in [3.63, 3.8) is 0 Å². The lowest BCUT2D eigenvalue weighted by atomic mass is 10.0. The Hall–Kier alpha value is -1.33. The van der Waals surface area contributed by atoms with E-state index in [1.807, 2.05) is 39.4 Å². The van der Waals surface area contributed by atoms with Crippen molar-refractivity contribution in [1.82, 2.24) is 19.6 Å². The van der Waals surface area contributed by atoms with Crippen molar-refractivity contribution in [3.05, 3.63) is 33.9 Å². The van der Waals surface area contributed by atoms with Crippen LogP contribution in [0.3, 0.4) is 0 Å². The van der Waals surface area contributed by atoms with E-state index in [4.69, 9.17) is 11.6 Å². The molecule has 1 N–H and O–H groups in total. The van der Waals surface area contributed by atoms with Crippen LogP contribution in [0.15, 0.2) is 6.20 Å². The minimum atomic E-state index is -0.624. The van der Waals surface area contributed by atoms with Gasteiger partial charge in [-0.2, -0.15) is 10.2 Å². The van der Waals surface area contributed by atoms with E-state index in [9.17, 15) is 5.11 Å². The van der Waals surface area contributed by atoms with Gasteiger partial charge < -0.3 is 5.11 Å². The van der Waals surface area contributed by atoms with E-state index in [1.54, 1.807) is 10.9 Å². The van der Waals surface area contributed by atoms with Crippen LogP contribution in [0.1, 0.15) is 55.1 Å². The first-order chi connectivity index (χ1) is 9.82. The monoisotopic (exact) mass is 310 g/mol. The van der Waals surface area contributed by atoms with Gasteiger partial charge in [-0.25, -0.2) is 0 Å². The molecule has 0 aliphatic rings. The van der Waals surface area contributed by atoms with E-state index in [-0.39, 0.29) is 6.04 Å². The third-order valence-electron chi connectivity index (χ3n) is 3.92. The maximum atomic E-state index is 10.5. The Morgan fingerprint density at radius 1 is 1.33 bits per heavy atom. The normalized spacial score (nSPS) is 13.1. The highest BCUT2D eigenvalue weighted by Crippen LogP contribution is 2.29. The van der Waals surface area contributed by atoms with E-state index in [0.717, 1.165) is 17.8 Å². The van der Waals surface area contributed by atoms with E-state index in [2.05, 4.69) is 10.2 Å². The van der Waals surface area contributed by atoms with Crippen LogP contribution in [-0.2, 0) is 13.5 Å². The third-order valence-corrected chi connectivity index (χ3v) is 4.21. The first kappa shape index (κ1) is 16.0. The van der Waals surface area contributed by atoms with Gasteiger partial charge in [-0.15, -0.1) is 0 Å². The van der Waals surface area contributed by atoms with Crippen LogP contribution in [-0.4, -0.2) is 24.7 Å². The SMILES string of the molecule is Cc1nn(C)c(C)c1CCC(O)c1c(Cl)cnn1C(C)C. The molecule has 0 bridgehead atoms. The molecular weight excluding hydrogens is 288 g/mol. The van der Waals surface area contributed by atoms with E-state index < -0.39 is 6.10 Å². The van der Waals surface area contributed by atoms with Crippen LogP contribution in [0, 0.1) is 13.8 Å². The highest BCUT2D eigenvalue weighted by Gasteiger charge is 2.20. The van der Waals surface area contributed by atoms with E-state index >= 15 is 0 Å². The summed E-state index contributed by atoms with van der Waals surface area (Å²) < 4.78 is 3.67. The second kappa shape index (κ2) is 6.20. The zero-order valence-corrected chi connectivity index (χ0v) is 14.0. The Kier molecular flexibility index (Phi) is 4.74. The standard InChI is InChI=1S/C15H23ClN4O/c1-9(2)20-15(13(16)8-17-20)14(21)7-6-12-10(3)18-19(5)11(12)4/h8-9,14,21H,6-7H2,1-5H3. The molecule has 2 heterocycles. The van der Waals surface area contributed by atoms with E-state index in [1.165, 1.54) is 5.56 Å². The van der Waals surface area contributed by atoms with Crippen molar-refractivity contribution in [3.8, 4) is 0 Å². The lowest BCUT2D eigenvalue weighted by Gasteiger charge is -2.16. The average molecular weight is 311 g/mol. The molecule has 2 rings (SSSR count). The molecule has 21 heavy (non-hydrogen) atoms. The lowest BCUT2D eigenvalue weighted by molar-refractivity contribution is 0.154. The van der Waals surface area contributed by atoms with Crippen LogP contribution in [0.2, 0.25) is 5.02 Å². The summed E-state index contributed by atoms with van der Waals surface area (Å²) >= 11 is 6.17. The number of aliphatic hydroxyl groups excluding tert-OH is 1. The van der Waals surface area contributed by atoms with Gasteiger partial charge in [0.2, 0.25) is 0 Å². The highest BCUT2D eigenvalue weighted by molar-refractivity contribution is 6.31. The van der Waals surface area contributed by atoms with Gasteiger partial charge in [0.25, 0.3) is 0 Å². The first-order valence-electron chi connectivity index (χ1n) is 7.23. The molecule has 2 aromatic rings. The maximum absolute atomic E-state index is 10.5. The van der Waals surface area contributed by atoms with Crippen LogP contribution in [0.4, 0.5) is 0 Å². The van der Waals surface area contributed by atoms with Crippen LogP contribution >= 0.6 is 11.6 Å². The molecule has 0 radical (unpaired) electrons. The molecule has 5 nitrogen and oxygen atoms in total. The minimum Gasteiger partial charge on any atom is -0.387 e. The molecule has 0 amide bonds. The Bertz CT molecular complexity index is 630. The zero-order valence-electron chi connectivity index (χ0n) is 13.3. The van der Waals surface area contributed by atoms with Crippen molar-refractivity contribution in [1.29, 1.82) is 0 Å². The molecule has 0 aromatic carbocycles. The second-order valence-electron chi connectivity index (χ2n) is 5.74. The van der Waals surface area contributed by atoms with Crippen molar-refractivity contribution in [2.45, 2.75) is 52.7 Å². The number of halogens is 1. The number of hydrogen-bond acceptors (Lipinski definition) is 3. The van der Waals surface area contributed by atoms with Gasteiger partial charge in [0.15, 0.2) is 0 Å². The number of aromatic nitrogens is 4. The van der Waals surface area contributed by atoms with Crippen molar-refractivity contribution >= 4 is 11.6 Å². The highest BCUT2D eigenvalue weighted by atomic mass is 35.5. The molecule has 0 spiro atoms. The summed E-state index contributed by atoms with van der Waals surface area (Å²) in [5, 5.41) is 19.7. The topological polar surface area (TPSA) is 55.9 Å². The predicted molar refractivity (Wildman–Crippen MR) is 83.6 cm³/mol. The Morgan fingerprint density at radius 3 is 2.52 bits per heavy atom. The quantitative estimate of drug-likeness (QED) is 0.923. The van der Waals surface area contributed by atoms with Crippen molar-refractivity contribution < 1.29 is 5.11 Å². The maximum Gasteiger partial charge on any atom is 0.0975 e. The summed E-state index contributed by atoms with van der Waals surface area (Å²) in [6.07, 6.45) is 2.35. The molecule has 1 atom stereocenters. The Balaban J connectivity index is 2.15. The molecular formula is C15H23ClN4O. The molecule has 2 aromatic heterocycles. The fraction of sp³-hybridized carbons (Fsp3) is 0.600. The van der Waals surface area contributed by atoms with Crippen molar-refractivity contribution in [2.75, 3.05) is 0 Å². The minimum absolute atomic E-state index is 0.170. The molecule has 0 aliphatic heterocycles. The average Bonchev–Trinajstić information content (AvgIpc) is 2.90. The largest absolute Gasteiger partial charge is 0.387 e. The summed E-state index contributed by atoms with van der Waals surface area (Å²) in [4.78, 5) is 0. The molecule has 0 saturated carbocycles. The predicted octanol–water partition coefficient (Wildman–Crippen LogP) is 3.13. The second-order valence-corrected chi connectivity index (χ2v) is 6.15. The summed E-state index contributed by atoms with van der Waals surface area (Å²) in [6.45, 7) is 8.09. The van der Waals surface area contributed by atoms with Crippen molar-refractivity contribution in [2.24, 2.45) is 7.05 Å². The number of hydrogen-bond donors (Lipinski definition) is 1. The van der Waals surface area contributed by atoms with Gasteiger partial charge in [0, 0.05) is 18.8 Å². The Labute approximate surface area is 130 Å². The van der Waals surface area contributed by atoms with Gasteiger partial charge in [-0.1, -0.05) is 11.6 Å². The fourth-order valence-corrected chi connectivity index (χ4v) is 2.93. The third kappa shape index (κ3) is 3.14. The first-order valence-corrected chi connectivity index (χ1v) is 7.60. The lowest BCUT2D eigenvalue weighted by Crippen LogP contribution is -2.12. The molecule has 1 unspecified atom stereocenters.